The summed E-state index contributed by atoms with van der Waals surface area (Å²) in [4.78, 5) is 16.9. The Balaban J connectivity index is 1.75. The number of amides is 1. The Morgan fingerprint density at radius 2 is 2.00 bits per heavy atom. The summed E-state index contributed by atoms with van der Waals surface area (Å²) in [5, 5.41) is 0. The molecule has 2 aliphatic heterocycles. The zero-order chi connectivity index (χ0) is 13.9. The molecule has 3 rings (SSSR count). The van der Waals surface area contributed by atoms with Crippen LogP contribution in [0, 0.1) is 0 Å². The lowest BCUT2D eigenvalue weighted by Gasteiger charge is -2.36. The van der Waals surface area contributed by atoms with Crippen molar-refractivity contribution in [3.63, 3.8) is 0 Å². The first-order valence-corrected chi connectivity index (χ1v) is 7.39. The highest BCUT2D eigenvalue weighted by Gasteiger charge is 2.32. The Kier molecular flexibility index (Phi) is 4.03. The SMILES string of the molecule is CN1Cc2ccccc2C[C@@H]1C(=O)N1CCCOCC1. The third kappa shape index (κ3) is 2.72. The quantitative estimate of drug-likeness (QED) is 0.773. The van der Waals surface area contributed by atoms with Crippen LogP contribution in [0.2, 0.25) is 0 Å². The van der Waals surface area contributed by atoms with E-state index in [4.69, 9.17) is 4.74 Å². The van der Waals surface area contributed by atoms with Crippen LogP contribution in [0.3, 0.4) is 0 Å². The number of rotatable bonds is 1. The molecule has 0 spiro atoms. The van der Waals surface area contributed by atoms with Gasteiger partial charge in [0, 0.05) is 26.2 Å². The largest absolute Gasteiger partial charge is 0.380 e. The van der Waals surface area contributed by atoms with Crippen LogP contribution in [0.25, 0.3) is 0 Å². The Hall–Kier alpha value is -1.39. The summed E-state index contributed by atoms with van der Waals surface area (Å²) in [5.41, 5.74) is 2.66. The Labute approximate surface area is 120 Å². The van der Waals surface area contributed by atoms with Crippen molar-refractivity contribution in [3.8, 4) is 0 Å². The van der Waals surface area contributed by atoms with Crippen LogP contribution < -0.4 is 0 Å². The molecule has 108 valence electrons. The van der Waals surface area contributed by atoms with Gasteiger partial charge in [-0.3, -0.25) is 9.69 Å². The highest BCUT2D eigenvalue weighted by molar-refractivity contribution is 5.82. The molecule has 4 heteroatoms. The second-order valence-electron chi connectivity index (χ2n) is 5.69. The van der Waals surface area contributed by atoms with Crippen LogP contribution >= 0.6 is 0 Å². The van der Waals surface area contributed by atoms with E-state index in [0.29, 0.717) is 6.61 Å². The highest BCUT2D eigenvalue weighted by atomic mass is 16.5. The molecular weight excluding hydrogens is 252 g/mol. The van der Waals surface area contributed by atoms with E-state index in [1.807, 2.05) is 11.9 Å². The van der Waals surface area contributed by atoms with Gasteiger partial charge in [0.1, 0.15) is 0 Å². The molecule has 1 atom stereocenters. The fraction of sp³-hybridized carbons (Fsp3) is 0.562. The van der Waals surface area contributed by atoms with Gasteiger partial charge in [-0.25, -0.2) is 0 Å². The number of carbonyl (C=O) groups is 1. The number of hydrogen-bond donors (Lipinski definition) is 0. The molecule has 0 radical (unpaired) electrons. The number of ether oxygens (including phenoxy) is 1. The van der Waals surface area contributed by atoms with Crippen molar-refractivity contribution in [2.75, 3.05) is 33.4 Å². The number of benzene rings is 1. The van der Waals surface area contributed by atoms with E-state index in [1.165, 1.54) is 11.1 Å². The maximum absolute atomic E-state index is 12.8. The molecule has 0 aliphatic carbocycles. The van der Waals surface area contributed by atoms with E-state index in [2.05, 4.69) is 29.2 Å². The summed E-state index contributed by atoms with van der Waals surface area (Å²) in [6, 6.07) is 8.41. The van der Waals surface area contributed by atoms with Crippen LogP contribution in [0.15, 0.2) is 24.3 Å². The molecule has 1 amide bonds. The van der Waals surface area contributed by atoms with E-state index in [9.17, 15) is 4.79 Å². The van der Waals surface area contributed by atoms with Crippen LogP contribution in [-0.4, -0.2) is 55.1 Å². The predicted molar refractivity (Wildman–Crippen MR) is 77.4 cm³/mol. The van der Waals surface area contributed by atoms with Crippen LogP contribution in [0.4, 0.5) is 0 Å². The topological polar surface area (TPSA) is 32.8 Å². The Bertz CT molecular complexity index is 481. The highest BCUT2D eigenvalue weighted by Crippen LogP contribution is 2.23. The normalized spacial score (nSPS) is 24.1. The standard InChI is InChI=1S/C16H22N2O2/c1-17-12-14-6-3-2-5-13(14)11-15(17)16(19)18-7-4-9-20-10-8-18/h2-3,5-6,15H,4,7-12H2,1H3/t15-/m1/s1. The molecule has 0 unspecified atom stereocenters. The van der Waals surface area contributed by atoms with Crippen molar-refractivity contribution in [2.45, 2.75) is 25.4 Å². The molecule has 1 aromatic rings. The Morgan fingerprint density at radius 3 is 2.85 bits per heavy atom. The maximum Gasteiger partial charge on any atom is 0.240 e. The van der Waals surface area contributed by atoms with Crippen molar-refractivity contribution in [1.82, 2.24) is 9.80 Å². The van der Waals surface area contributed by atoms with Crippen molar-refractivity contribution >= 4 is 5.91 Å². The lowest BCUT2D eigenvalue weighted by molar-refractivity contribution is -0.137. The third-order valence-corrected chi connectivity index (χ3v) is 4.30. The second kappa shape index (κ2) is 5.94. The zero-order valence-electron chi connectivity index (χ0n) is 12.0. The van der Waals surface area contributed by atoms with Gasteiger partial charge < -0.3 is 9.64 Å². The van der Waals surface area contributed by atoms with Crippen molar-refractivity contribution in [2.24, 2.45) is 0 Å². The molecule has 2 aliphatic rings. The number of carbonyl (C=O) groups excluding carboxylic acids is 1. The molecular formula is C16H22N2O2. The second-order valence-corrected chi connectivity index (χ2v) is 5.69. The summed E-state index contributed by atoms with van der Waals surface area (Å²) in [5.74, 6) is 0.257. The fourth-order valence-corrected chi connectivity index (χ4v) is 3.11. The van der Waals surface area contributed by atoms with Crippen molar-refractivity contribution < 1.29 is 9.53 Å². The third-order valence-electron chi connectivity index (χ3n) is 4.30. The summed E-state index contributed by atoms with van der Waals surface area (Å²) in [6.45, 7) is 3.85. The molecule has 4 nitrogen and oxygen atoms in total. The minimum Gasteiger partial charge on any atom is -0.380 e. The maximum atomic E-state index is 12.8. The Morgan fingerprint density at radius 1 is 1.20 bits per heavy atom. The molecule has 2 heterocycles. The zero-order valence-corrected chi connectivity index (χ0v) is 12.0. The lowest BCUT2D eigenvalue weighted by Crippen LogP contribution is -2.50. The van der Waals surface area contributed by atoms with Crippen LogP contribution in [0.1, 0.15) is 17.5 Å². The van der Waals surface area contributed by atoms with Gasteiger partial charge in [0.2, 0.25) is 5.91 Å². The molecule has 1 fully saturated rings. The summed E-state index contributed by atoms with van der Waals surface area (Å²) in [7, 11) is 2.05. The van der Waals surface area contributed by atoms with Crippen molar-refractivity contribution in [3.05, 3.63) is 35.4 Å². The smallest absolute Gasteiger partial charge is 0.240 e. The molecule has 20 heavy (non-hydrogen) atoms. The van der Waals surface area contributed by atoms with Gasteiger partial charge >= 0.3 is 0 Å². The van der Waals surface area contributed by atoms with Gasteiger partial charge in [-0.05, 0) is 31.0 Å². The molecule has 0 N–H and O–H groups in total. The number of hydrogen-bond acceptors (Lipinski definition) is 3. The van der Waals surface area contributed by atoms with Gasteiger partial charge in [-0.1, -0.05) is 24.3 Å². The van der Waals surface area contributed by atoms with Gasteiger partial charge in [0.25, 0.3) is 0 Å². The molecule has 0 saturated carbocycles. The van der Waals surface area contributed by atoms with E-state index >= 15 is 0 Å². The van der Waals surface area contributed by atoms with E-state index in [-0.39, 0.29) is 11.9 Å². The molecule has 1 aromatic carbocycles. The van der Waals surface area contributed by atoms with E-state index in [0.717, 1.165) is 39.1 Å². The number of likely N-dealkylation sites (N-methyl/N-ethyl adjacent to an activating group) is 1. The first-order valence-electron chi connectivity index (χ1n) is 7.39. The fourth-order valence-electron chi connectivity index (χ4n) is 3.11. The van der Waals surface area contributed by atoms with E-state index in [1.54, 1.807) is 0 Å². The average Bonchev–Trinajstić information content (AvgIpc) is 2.75. The average molecular weight is 274 g/mol. The number of nitrogens with zero attached hydrogens (tertiary/aromatic N) is 2. The monoisotopic (exact) mass is 274 g/mol. The summed E-state index contributed by atoms with van der Waals surface area (Å²) < 4.78 is 5.44. The van der Waals surface area contributed by atoms with Crippen LogP contribution in [0.5, 0.6) is 0 Å². The minimum absolute atomic E-state index is 0.0250. The van der Waals surface area contributed by atoms with Gasteiger partial charge in [0.15, 0.2) is 0 Å². The van der Waals surface area contributed by atoms with Gasteiger partial charge in [0.05, 0.1) is 12.6 Å². The van der Waals surface area contributed by atoms with Gasteiger partial charge in [-0.15, -0.1) is 0 Å². The molecule has 1 saturated heterocycles. The molecule has 0 aromatic heterocycles. The summed E-state index contributed by atoms with van der Waals surface area (Å²) >= 11 is 0. The summed E-state index contributed by atoms with van der Waals surface area (Å²) in [6.07, 6.45) is 1.77. The first-order chi connectivity index (χ1) is 9.75. The van der Waals surface area contributed by atoms with Gasteiger partial charge in [-0.2, -0.15) is 0 Å². The first kappa shape index (κ1) is 13.6. The van der Waals surface area contributed by atoms with Crippen LogP contribution in [-0.2, 0) is 22.5 Å². The van der Waals surface area contributed by atoms with Crippen molar-refractivity contribution in [1.29, 1.82) is 0 Å². The predicted octanol–water partition coefficient (Wildman–Crippen LogP) is 1.29. The lowest BCUT2D eigenvalue weighted by atomic mass is 9.93. The van der Waals surface area contributed by atoms with E-state index < -0.39 is 0 Å². The minimum atomic E-state index is -0.0250. The molecule has 0 bridgehead atoms. The number of fused-ring (bicyclic) bond motifs is 1.